The van der Waals surface area contributed by atoms with E-state index in [1.807, 2.05) is 17.7 Å². The van der Waals surface area contributed by atoms with Gasteiger partial charge in [0.2, 0.25) is 0 Å². The Morgan fingerprint density at radius 3 is 2.59 bits per heavy atom. The molecule has 1 unspecified atom stereocenters. The molecule has 2 aromatic carbocycles. The van der Waals surface area contributed by atoms with Gasteiger partial charge < -0.3 is 15.8 Å². The summed E-state index contributed by atoms with van der Waals surface area (Å²) in [6.45, 7) is -1.02. The van der Waals surface area contributed by atoms with Crippen molar-refractivity contribution < 1.29 is 23.1 Å². The average Bonchev–Trinajstić information content (AvgIpc) is 3.84. The first-order chi connectivity index (χ1) is 22.1. The number of guanidine groups is 1. The van der Waals surface area contributed by atoms with E-state index in [9.17, 15) is 18.4 Å². The number of hydrogen-bond acceptors (Lipinski definition) is 8. The number of aliphatic imine (C=N–C) groups is 1. The van der Waals surface area contributed by atoms with Crippen molar-refractivity contribution in [1.82, 2.24) is 34.8 Å². The Morgan fingerprint density at radius 1 is 1.15 bits per heavy atom. The average molecular weight is 650 g/mol. The highest BCUT2D eigenvalue weighted by atomic mass is 35.5. The second-order valence-corrected chi connectivity index (χ2v) is 12.4. The monoisotopic (exact) mass is 649 g/mol. The summed E-state index contributed by atoms with van der Waals surface area (Å²) in [7, 11) is 0. The normalized spacial score (nSPS) is 19.3. The van der Waals surface area contributed by atoms with Crippen molar-refractivity contribution in [2.45, 2.75) is 62.8 Å². The van der Waals surface area contributed by atoms with Crippen LogP contribution in [-0.2, 0) is 9.53 Å². The zero-order valence-electron chi connectivity index (χ0n) is 24.7. The van der Waals surface area contributed by atoms with Crippen molar-refractivity contribution in [3.8, 4) is 22.5 Å². The zero-order chi connectivity index (χ0) is 32.2. The van der Waals surface area contributed by atoms with E-state index in [0.29, 0.717) is 43.3 Å². The molecule has 4 aromatic rings. The number of benzene rings is 2. The fraction of sp³-hybridized carbons (Fsp3) is 0.355. The molecule has 2 aromatic heterocycles. The lowest BCUT2D eigenvalue weighted by molar-refractivity contribution is -0.129. The number of halogens is 3. The van der Waals surface area contributed by atoms with Gasteiger partial charge in [-0.15, -0.1) is 0 Å². The van der Waals surface area contributed by atoms with Crippen LogP contribution < -0.4 is 11.1 Å². The van der Waals surface area contributed by atoms with Crippen LogP contribution in [0.1, 0.15) is 68.4 Å². The summed E-state index contributed by atoms with van der Waals surface area (Å²) >= 11 is 6.64. The van der Waals surface area contributed by atoms with E-state index in [1.54, 1.807) is 36.4 Å². The first-order valence-corrected chi connectivity index (χ1v) is 15.2. The minimum atomic E-state index is -2.75. The summed E-state index contributed by atoms with van der Waals surface area (Å²) in [5.41, 5.74) is 9.02. The maximum atomic E-state index is 14.0. The first-order valence-electron chi connectivity index (χ1n) is 14.8. The first kappa shape index (κ1) is 29.8. The number of nitrogens with zero attached hydrogens (tertiary/aromatic N) is 7. The topological polar surface area (TPSA) is 146 Å². The number of hydrogen-bond donors (Lipinski definition) is 2. The quantitative estimate of drug-likeness (QED) is 0.234. The number of nitrogens with two attached hydrogens (primary N) is 1. The van der Waals surface area contributed by atoms with Gasteiger partial charge in [0.25, 0.3) is 5.91 Å². The molecule has 2 atom stereocenters. The largest absolute Gasteiger partial charge is 0.447 e. The number of nitrogens with one attached hydrogen (secondary N) is 1. The van der Waals surface area contributed by atoms with Gasteiger partial charge in [0.05, 0.1) is 23.3 Å². The van der Waals surface area contributed by atoms with Crippen LogP contribution >= 0.6 is 11.6 Å². The van der Waals surface area contributed by atoms with E-state index < -0.39 is 30.6 Å². The number of rotatable bonds is 10. The van der Waals surface area contributed by atoms with Gasteiger partial charge in [0.15, 0.2) is 17.8 Å². The number of amides is 2. The third kappa shape index (κ3) is 5.80. The van der Waals surface area contributed by atoms with E-state index in [4.69, 9.17) is 22.1 Å². The lowest BCUT2D eigenvalue weighted by atomic mass is 10.00. The molecule has 2 saturated carbocycles. The molecule has 7 rings (SSSR count). The molecule has 0 bridgehead atoms. The Hall–Kier alpha value is -4.85. The summed E-state index contributed by atoms with van der Waals surface area (Å²) in [4.78, 5) is 37.0. The van der Waals surface area contributed by atoms with Crippen LogP contribution in [0.5, 0.6) is 0 Å². The summed E-state index contributed by atoms with van der Waals surface area (Å²) in [6, 6.07) is 10.5. The predicted octanol–water partition coefficient (Wildman–Crippen LogP) is 5.41. The van der Waals surface area contributed by atoms with Crippen molar-refractivity contribution in [3.63, 3.8) is 0 Å². The number of alkyl carbamates (subject to hydrolysis) is 1. The summed E-state index contributed by atoms with van der Waals surface area (Å²) in [6.07, 6.45) is 7.17. The van der Waals surface area contributed by atoms with Crippen LogP contribution in [0.2, 0.25) is 5.02 Å². The van der Waals surface area contributed by atoms with Gasteiger partial charge in [-0.05, 0) is 61.4 Å². The SMILES string of the molecule is CC1(NC(=O)OC[C@H](c2ccc(Cl)c(-c3ncnn3C3CC3)c2)N2C(=O)C(c3ccc(-c4cnn(C(F)F)c4)cc3)N=C2N)CC1. The molecular formula is C31H30ClF2N9O3. The molecule has 1 aliphatic heterocycles. The number of ether oxygens (including phenoxy) is 1. The molecule has 3 N–H and O–H groups in total. The number of aromatic nitrogens is 5. The second kappa shape index (κ2) is 11.5. The van der Waals surface area contributed by atoms with E-state index in [-0.39, 0.29) is 24.1 Å². The molecule has 0 radical (unpaired) electrons. The molecule has 12 nitrogen and oxygen atoms in total. The molecule has 46 heavy (non-hydrogen) atoms. The maximum Gasteiger partial charge on any atom is 0.407 e. The molecule has 3 aliphatic rings. The van der Waals surface area contributed by atoms with Crippen molar-refractivity contribution in [3.05, 3.63) is 77.3 Å². The van der Waals surface area contributed by atoms with Crippen LogP contribution in [0.25, 0.3) is 22.5 Å². The van der Waals surface area contributed by atoms with Crippen LogP contribution in [0.4, 0.5) is 13.6 Å². The summed E-state index contributed by atoms with van der Waals surface area (Å²) in [5.74, 6) is 0.134. The highest BCUT2D eigenvalue weighted by Gasteiger charge is 2.42. The molecule has 3 heterocycles. The van der Waals surface area contributed by atoms with E-state index in [1.165, 1.54) is 23.6 Å². The van der Waals surface area contributed by atoms with E-state index in [2.05, 4.69) is 25.5 Å². The lowest BCUT2D eigenvalue weighted by Crippen LogP contribution is -2.44. The molecule has 15 heteroatoms. The van der Waals surface area contributed by atoms with Gasteiger partial charge in [0, 0.05) is 22.9 Å². The van der Waals surface area contributed by atoms with Gasteiger partial charge in [-0.3, -0.25) is 9.69 Å². The van der Waals surface area contributed by atoms with Gasteiger partial charge in [-0.25, -0.2) is 24.1 Å². The zero-order valence-corrected chi connectivity index (χ0v) is 25.4. The Morgan fingerprint density at radius 2 is 1.91 bits per heavy atom. The second-order valence-electron chi connectivity index (χ2n) is 12.0. The molecule has 2 amide bonds. The van der Waals surface area contributed by atoms with Crippen molar-refractivity contribution in [2.24, 2.45) is 10.7 Å². The maximum absolute atomic E-state index is 14.0. The highest BCUT2D eigenvalue weighted by molar-refractivity contribution is 6.33. The standard InChI is InChI=1S/C31H30ClF2N9O3/c1-31(10-11-31)40-30(45)46-15-24(19-6-9-23(32)22(12-19)26-36-16-38-43(26)21-7-8-21)42-27(44)25(39-29(42)35)18-4-2-17(3-5-18)20-13-37-41(14-20)28(33)34/h2-6,9,12-14,16,21,24-25,28H,7-8,10-11,15H2,1H3,(H2,35,39)(H,40,45)/t24-,25?/m1/s1. The van der Waals surface area contributed by atoms with E-state index >= 15 is 0 Å². The molecule has 0 spiro atoms. The number of carbonyl (C=O) groups is 2. The highest BCUT2D eigenvalue weighted by Crippen LogP contribution is 2.40. The fourth-order valence-electron chi connectivity index (χ4n) is 5.50. The summed E-state index contributed by atoms with van der Waals surface area (Å²) < 4.78 is 34.1. The minimum Gasteiger partial charge on any atom is -0.447 e. The van der Waals surface area contributed by atoms with Gasteiger partial charge >= 0.3 is 12.6 Å². The van der Waals surface area contributed by atoms with Crippen molar-refractivity contribution in [1.29, 1.82) is 0 Å². The lowest BCUT2D eigenvalue weighted by Gasteiger charge is -2.29. The Bertz CT molecular complexity index is 1830. The van der Waals surface area contributed by atoms with Crippen LogP contribution in [0.15, 0.2) is 66.2 Å². The van der Waals surface area contributed by atoms with Crippen molar-refractivity contribution >= 4 is 29.6 Å². The molecule has 2 fully saturated rings. The van der Waals surface area contributed by atoms with Crippen LogP contribution in [0.3, 0.4) is 0 Å². The summed E-state index contributed by atoms with van der Waals surface area (Å²) in [5, 5.41) is 11.4. The van der Waals surface area contributed by atoms with Crippen LogP contribution in [-0.4, -0.2) is 59.6 Å². The Labute approximate surface area is 267 Å². The van der Waals surface area contributed by atoms with Crippen molar-refractivity contribution in [2.75, 3.05) is 6.61 Å². The predicted molar refractivity (Wildman–Crippen MR) is 164 cm³/mol. The molecule has 2 aliphatic carbocycles. The molecule has 238 valence electrons. The Balaban J connectivity index is 1.18. The molecular weight excluding hydrogens is 620 g/mol. The third-order valence-corrected chi connectivity index (χ3v) is 8.84. The van der Waals surface area contributed by atoms with Gasteiger partial charge in [-0.2, -0.15) is 19.0 Å². The number of carbonyl (C=O) groups excluding carboxylic acids is 2. The number of alkyl halides is 2. The smallest absolute Gasteiger partial charge is 0.407 e. The van der Waals surface area contributed by atoms with Gasteiger partial charge in [0.1, 0.15) is 12.9 Å². The minimum absolute atomic E-state index is 0.0434. The third-order valence-electron chi connectivity index (χ3n) is 8.51. The Kier molecular flexibility index (Phi) is 7.46. The van der Waals surface area contributed by atoms with Crippen LogP contribution in [0, 0.1) is 0 Å². The van der Waals surface area contributed by atoms with Gasteiger partial charge in [-0.1, -0.05) is 41.9 Å². The van der Waals surface area contributed by atoms with E-state index in [0.717, 1.165) is 25.7 Å². The molecule has 0 saturated heterocycles. The fourth-order valence-corrected chi connectivity index (χ4v) is 5.70.